The minimum absolute atomic E-state index is 0.223. The molecule has 0 aliphatic carbocycles. The van der Waals surface area contributed by atoms with Crippen molar-refractivity contribution in [2.75, 3.05) is 47.4 Å². The largest absolute Gasteiger partial charge is 0.494 e. The lowest BCUT2D eigenvalue weighted by Crippen LogP contribution is -2.46. The summed E-state index contributed by atoms with van der Waals surface area (Å²) in [4.78, 5) is 20.0. The van der Waals surface area contributed by atoms with E-state index in [0.29, 0.717) is 18.9 Å². The maximum atomic E-state index is 11.2. The van der Waals surface area contributed by atoms with Gasteiger partial charge in [-0.25, -0.2) is 0 Å². The molecule has 7 nitrogen and oxygen atoms in total. The van der Waals surface area contributed by atoms with E-state index in [1.807, 2.05) is 12.1 Å². The van der Waals surface area contributed by atoms with Gasteiger partial charge in [0.25, 0.3) is 0 Å². The topological polar surface area (TPSA) is 83.2 Å². The highest BCUT2D eigenvalue weighted by atomic mass is 16.5. The standard InChI is InChI=1S/C21H35N5O2/c1-23-21(26-12-4-6-18(16-26)14-20(22)27)24-15-17-7-9-19(10-8-17)28-13-5-11-25(2)3/h7-10,18H,4-6,11-16H2,1-3H3,(H2,22,27)(H,23,24). The monoisotopic (exact) mass is 389 g/mol. The molecule has 28 heavy (non-hydrogen) atoms. The quantitative estimate of drug-likeness (QED) is 0.381. The number of aliphatic imine (C=N–C) groups is 1. The second-order valence-corrected chi connectivity index (χ2v) is 7.67. The van der Waals surface area contributed by atoms with Crippen molar-refractivity contribution in [1.82, 2.24) is 15.1 Å². The first-order valence-corrected chi connectivity index (χ1v) is 10.1. The fourth-order valence-electron chi connectivity index (χ4n) is 3.50. The van der Waals surface area contributed by atoms with Crippen LogP contribution in [0.3, 0.4) is 0 Å². The van der Waals surface area contributed by atoms with Crippen molar-refractivity contribution in [3.8, 4) is 5.75 Å². The molecule has 1 aliphatic heterocycles. The molecule has 0 radical (unpaired) electrons. The maximum absolute atomic E-state index is 11.2. The van der Waals surface area contributed by atoms with Crippen molar-refractivity contribution >= 4 is 11.9 Å². The zero-order valence-electron chi connectivity index (χ0n) is 17.5. The van der Waals surface area contributed by atoms with Gasteiger partial charge in [-0.05, 0) is 57.0 Å². The summed E-state index contributed by atoms with van der Waals surface area (Å²) in [5.41, 5.74) is 6.53. The van der Waals surface area contributed by atoms with Crippen LogP contribution in [0.1, 0.15) is 31.2 Å². The van der Waals surface area contributed by atoms with Gasteiger partial charge in [-0.15, -0.1) is 0 Å². The van der Waals surface area contributed by atoms with E-state index in [1.54, 1.807) is 7.05 Å². The fraction of sp³-hybridized carbons (Fsp3) is 0.619. The molecule has 3 N–H and O–H groups in total. The first kappa shape index (κ1) is 22.0. The van der Waals surface area contributed by atoms with E-state index in [9.17, 15) is 4.79 Å². The molecule has 1 unspecified atom stereocenters. The molecule has 0 bridgehead atoms. The van der Waals surface area contributed by atoms with Crippen LogP contribution >= 0.6 is 0 Å². The Morgan fingerprint density at radius 1 is 1.36 bits per heavy atom. The second kappa shape index (κ2) is 11.5. The van der Waals surface area contributed by atoms with Crippen molar-refractivity contribution in [2.45, 2.75) is 32.2 Å². The average Bonchev–Trinajstić information content (AvgIpc) is 2.66. The molecule has 1 aliphatic rings. The van der Waals surface area contributed by atoms with Crippen molar-refractivity contribution in [3.63, 3.8) is 0 Å². The molecule has 1 saturated heterocycles. The summed E-state index contributed by atoms with van der Waals surface area (Å²) < 4.78 is 5.78. The number of nitrogens with zero attached hydrogens (tertiary/aromatic N) is 3. The number of ether oxygens (including phenoxy) is 1. The van der Waals surface area contributed by atoms with E-state index >= 15 is 0 Å². The van der Waals surface area contributed by atoms with Crippen LogP contribution in [0.25, 0.3) is 0 Å². The van der Waals surface area contributed by atoms with Crippen LogP contribution in [-0.4, -0.2) is 69.1 Å². The number of primary amides is 1. The molecule has 0 spiro atoms. The van der Waals surface area contributed by atoms with Crippen LogP contribution < -0.4 is 15.8 Å². The second-order valence-electron chi connectivity index (χ2n) is 7.67. The van der Waals surface area contributed by atoms with Gasteiger partial charge in [0.2, 0.25) is 5.91 Å². The lowest BCUT2D eigenvalue weighted by Gasteiger charge is -2.34. The highest BCUT2D eigenvalue weighted by molar-refractivity contribution is 5.80. The summed E-state index contributed by atoms with van der Waals surface area (Å²) in [6.07, 6.45) is 3.56. The zero-order valence-corrected chi connectivity index (χ0v) is 17.5. The minimum Gasteiger partial charge on any atom is -0.494 e. The van der Waals surface area contributed by atoms with Gasteiger partial charge in [0.15, 0.2) is 5.96 Å². The van der Waals surface area contributed by atoms with E-state index < -0.39 is 0 Å². The third-order valence-corrected chi connectivity index (χ3v) is 4.91. The van der Waals surface area contributed by atoms with Crippen LogP contribution in [0, 0.1) is 5.92 Å². The molecule has 1 amide bonds. The molecule has 2 rings (SSSR count). The summed E-state index contributed by atoms with van der Waals surface area (Å²) in [5.74, 6) is 1.86. The average molecular weight is 390 g/mol. The summed E-state index contributed by atoms with van der Waals surface area (Å²) in [6.45, 7) is 4.23. The molecule has 1 heterocycles. The van der Waals surface area contributed by atoms with E-state index in [0.717, 1.165) is 57.2 Å². The molecule has 1 atom stereocenters. The molecule has 156 valence electrons. The summed E-state index contributed by atoms with van der Waals surface area (Å²) in [6, 6.07) is 8.18. The van der Waals surface area contributed by atoms with Gasteiger partial charge in [-0.2, -0.15) is 0 Å². The Balaban J connectivity index is 1.79. The first-order valence-electron chi connectivity index (χ1n) is 10.1. The normalized spacial score (nSPS) is 17.6. The number of carbonyl (C=O) groups excluding carboxylic acids is 1. The highest BCUT2D eigenvalue weighted by Gasteiger charge is 2.23. The molecular formula is C21H35N5O2. The van der Waals surface area contributed by atoms with Gasteiger partial charge >= 0.3 is 0 Å². The molecular weight excluding hydrogens is 354 g/mol. The molecule has 7 heteroatoms. The van der Waals surface area contributed by atoms with Gasteiger partial charge in [0.05, 0.1) is 6.61 Å². The number of nitrogens with two attached hydrogens (primary N) is 1. The van der Waals surface area contributed by atoms with E-state index in [2.05, 4.69) is 46.3 Å². The highest BCUT2D eigenvalue weighted by Crippen LogP contribution is 2.19. The Morgan fingerprint density at radius 2 is 2.11 bits per heavy atom. The lowest BCUT2D eigenvalue weighted by atomic mass is 9.95. The van der Waals surface area contributed by atoms with Crippen molar-refractivity contribution in [3.05, 3.63) is 29.8 Å². The van der Waals surface area contributed by atoms with Gasteiger partial charge in [-0.1, -0.05) is 12.1 Å². The number of rotatable bonds is 9. The fourth-order valence-corrected chi connectivity index (χ4v) is 3.50. The molecule has 0 saturated carbocycles. The smallest absolute Gasteiger partial charge is 0.217 e. The summed E-state index contributed by atoms with van der Waals surface area (Å²) in [5, 5.41) is 3.43. The molecule has 1 aromatic rings. The summed E-state index contributed by atoms with van der Waals surface area (Å²) in [7, 11) is 5.93. The number of guanidine groups is 1. The third-order valence-electron chi connectivity index (χ3n) is 4.91. The Morgan fingerprint density at radius 3 is 2.75 bits per heavy atom. The van der Waals surface area contributed by atoms with Gasteiger partial charge in [0, 0.05) is 39.6 Å². The number of piperidine rings is 1. The Kier molecular flexibility index (Phi) is 9.07. The van der Waals surface area contributed by atoms with E-state index in [1.165, 1.54) is 5.56 Å². The van der Waals surface area contributed by atoms with Crippen molar-refractivity contribution < 1.29 is 9.53 Å². The van der Waals surface area contributed by atoms with Crippen molar-refractivity contribution in [2.24, 2.45) is 16.6 Å². The Hall–Kier alpha value is -2.28. The Bertz CT molecular complexity index is 630. The van der Waals surface area contributed by atoms with E-state index in [4.69, 9.17) is 10.5 Å². The van der Waals surface area contributed by atoms with Crippen LogP contribution in [0.4, 0.5) is 0 Å². The summed E-state index contributed by atoms with van der Waals surface area (Å²) >= 11 is 0. The van der Waals surface area contributed by atoms with Crippen LogP contribution in [-0.2, 0) is 11.3 Å². The number of hydrogen-bond acceptors (Lipinski definition) is 4. The van der Waals surface area contributed by atoms with Gasteiger partial charge in [0.1, 0.15) is 5.75 Å². The van der Waals surface area contributed by atoms with Crippen LogP contribution in [0.15, 0.2) is 29.3 Å². The number of carbonyl (C=O) groups is 1. The minimum atomic E-state index is -0.223. The molecule has 0 aromatic heterocycles. The van der Waals surface area contributed by atoms with E-state index in [-0.39, 0.29) is 5.91 Å². The lowest BCUT2D eigenvalue weighted by molar-refractivity contribution is -0.119. The number of hydrogen-bond donors (Lipinski definition) is 2. The molecule has 1 fully saturated rings. The number of likely N-dealkylation sites (tertiary alicyclic amines) is 1. The van der Waals surface area contributed by atoms with Crippen molar-refractivity contribution in [1.29, 1.82) is 0 Å². The third kappa shape index (κ3) is 7.76. The number of benzene rings is 1. The van der Waals surface area contributed by atoms with Crippen LogP contribution in [0.2, 0.25) is 0 Å². The zero-order chi connectivity index (χ0) is 20.4. The predicted octanol–water partition coefficient (Wildman–Crippen LogP) is 1.68. The van der Waals surface area contributed by atoms with Crippen LogP contribution in [0.5, 0.6) is 5.75 Å². The molecule has 1 aromatic carbocycles. The predicted molar refractivity (Wildman–Crippen MR) is 113 cm³/mol. The number of nitrogens with one attached hydrogen (secondary N) is 1. The van der Waals surface area contributed by atoms with Gasteiger partial charge < -0.3 is 25.6 Å². The first-order chi connectivity index (χ1) is 13.5. The SMILES string of the molecule is CN=C(NCc1ccc(OCCCN(C)C)cc1)N1CCCC(CC(N)=O)C1. The maximum Gasteiger partial charge on any atom is 0.217 e. The van der Waals surface area contributed by atoms with Gasteiger partial charge in [-0.3, -0.25) is 9.79 Å². The number of amides is 1. The Labute approximate surface area is 168 Å².